The molecule has 0 radical (unpaired) electrons. The zero-order chi connectivity index (χ0) is 25.9. The van der Waals surface area contributed by atoms with Crippen LogP contribution in [0.4, 0.5) is 0 Å². The number of nitrogens with one attached hydrogen (secondary N) is 3. The Hall–Kier alpha value is -4.18. The Bertz CT molecular complexity index is 1180. The molecule has 3 N–H and O–H groups in total. The molecule has 9 nitrogen and oxygen atoms in total. The molecule has 0 spiro atoms. The average Bonchev–Trinajstić information content (AvgIpc) is 2.87. The van der Waals surface area contributed by atoms with Crippen LogP contribution in [0.2, 0.25) is 0 Å². The van der Waals surface area contributed by atoms with E-state index < -0.39 is 17.9 Å². The van der Waals surface area contributed by atoms with E-state index >= 15 is 0 Å². The number of esters is 1. The molecule has 0 aliphatic carbocycles. The first-order valence-corrected chi connectivity index (χ1v) is 11.7. The molecule has 36 heavy (non-hydrogen) atoms. The second-order valence-electron chi connectivity index (χ2n) is 7.58. The number of ether oxygens (including phenoxy) is 3. The maximum Gasteiger partial charge on any atom is 0.338 e. The summed E-state index contributed by atoms with van der Waals surface area (Å²) >= 11 is 5.29. The van der Waals surface area contributed by atoms with Crippen molar-refractivity contribution in [3.63, 3.8) is 0 Å². The fourth-order valence-electron chi connectivity index (χ4n) is 3.42. The van der Waals surface area contributed by atoms with Crippen molar-refractivity contribution in [1.29, 1.82) is 0 Å². The number of amides is 1. The van der Waals surface area contributed by atoms with Gasteiger partial charge >= 0.3 is 5.97 Å². The molecule has 1 amide bonds. The van der Waals surface area contributed by atoms with E-state index in [0.29, 0.717) is 40.1 Å². The fourth-order valence-corrected chi connectivity index (χ4v) is 3.69. The third kappa shape index (κ3) is 7.16. The van der Waals surface area contributed by atoms with Crippen LogP contribution in [0.15, 0.2) is 77.6 Å². The Morgan fingerprint density at radius 1 is 1.17 bits per heavy atom. The first kappa shape index (κ1) is 26.4. The number of hydrogen-bond donors (Lipinski definition) is 3. The van der Waals surface area contributed by atoms with Crippen molar-refractivity contribution in [2.75, 3.05) is 19.8 Å². The molecular formula is C26H28N4O5S. The summed E-state index contributed by atoms with van der Waals surface area (Å²) in [6.45, 7) is 7.48. The van der Waals surface area contributed by atoms with Crippen LogP contribution in [-0.4, -0.2) is 43.0 Å². The molecule has 10 heteroatoms. The molecule has 0 saturated heterocycles. The third-order valence-corrected chi connectivity index (χ3v) is 5.22. The van der Waals surface area contributed by atoms with Crippen LogP contribution >= 0.6 is 12.2 Å². The molecule has 0 unspecified atom stereocenters. The molecule has 2 aromatic carbocycles. The lowest BCUT2D eigenvalue weighted by molar-refractivity contribution is -0.139. The van der Waals surface area contributed by atoms with E-state index in [1.165, 1.54) is 6.21 Å². The molecule has 0 bridgehead atoms. The molecule has 0 fully saturated rings. The topological polar surface area (TPSA) is 110 Å². The molecule has 1 aliphatic rings. The highest BCUT2D eigenvalue weighted by Crippen LogP contribution is 2.33. The number of benzene rings is 2. The number of allylic oxidation sites excluding steroid dienone is 1. The minimum Gasteiger partial charge on any atom is -0.490 e. The fraction of sp³-hybridized carbons (Fsp3) is 0.231. The molecule has 3 rings (SSSR count). The largest absolute Gasteiger partial charge is 0.490 e. The average molecular weight is 509 g/mol. The normalized spacial score (nSPS) is 15.1. The number of para-hydroxylation sites is 1. The highest BCUT2D eigenvalue weighted by Gasteiger charge is 2.32. The lowest BCUT2D eigenvalue weighted by atomic mass is 9.95. The maximum absolute atomic E-state index is 12.6. The number of hydrazone groups is 1. The Kier molecular flexibility index (Phi) is 9.58. The van der Waals surface area contributed by atoms with E-state index in [9.17, 15) is 9.59 Å². The van der Waals surface area contributed by atoms with E-state index in [1.54, 1.807) is 50.3 Å². The summed E-state index contributed by atoms with van der Waals surface area (Å²) in [6, 6.07) is 13.7. The quantitative estimate of drug-likeness (QED) is 0.140. The minimum atomic E-state index is -0.603. The lowest BCUT2D eigenvalue weighted by Gasteiger charge is -2.30. The van der Waals surface area contributed by atoms with Crippen LogP contribution in [0.25, 0.3) is 0 Å². The van der Waals surface area contributed by atoms with Gasteiger partial charge in [-0.3, -0.25) is 4.79 Å². The standard InChI is InChI=1S/C26H28N4O5S/c1-4-14-34-19-12-10-18(11-13-19)15-27-30-22(31)16-35-21-9-7-6-8-20(21)24-23(25(32)33-5-2)17(3)28-26(36)29-24/h4,6-13,15,24H,1,5,14,16H2,2-3H3,(H,30,31)(H2,28,29,36)/t24-/m1/s1. The van der Waals surface area contributed by atoms with E-state index in [4.69, 9.17) is 26.4 Å². The Morgan fingerprint density at radius 3 is 2.64 bits per heavy atom. The van der Waals surface area contributed by atoms with E-state index in [2.05, 4.69) is 27.7 Å². The molecule has 188 valence electrons. The predicted molar refractivity (Wildman–Crippen MR) is 141 cm³/mol. The van der Waals surface area contributed by atoms with Gasteiger partial charge in [-0.1, -0.05) is 30.9 Å². The summed E-state index contributed by atoms with van der Waals surface area (Å²) in [7, 11) is 0. The minimum absolute atomic E-state index is 0.235. The third-order valence-electron chi connectivity index (χ3n) is 5.00. The second-order valence-corrected chi connectivity index (χ2v) is 7.99. The van der Waals surface area contributed by atoms with Crippen LogP contribution in [-0.2, 0) is 14.3 Å². The van der Waals surface area contributed by atoms with Crippen molar-refractivity contribution in [3.8, 4) is 11.5 Å². The second kappa shape index (κ2) is 13.1. The van der Waals surface area contributed by atoms with Crippen LogP contribution < -0.4 is 25.5 Å². The summed E-state index contributed by atoms with van der Waals surface area (Å²) < 4.78 is 16.4. The van der Waals surface area contributed by atoms with Crippen LogP contribution in [0.1, 0.15) is 31.0 Å². The number of carbonyl (C=O) groups excluding carboxylic acids is 2. The van der Waals surface area contributed by atoms with Crippen molar-refractivity contribution in [1.82, 2.24) is 16.1 Å². The highest BCUT2D eigenvalue weighted by molar-refractivity contribution is 7.80. The molecule has 1 heterocycles. The number of hydrogen-bond acceptors (Lipinski definition) is 7. The zero-order valence-electron chi connectivity index (χ0n) is 20.1. The maximum atomic E-state index is 12.6. The molecule has 2 aromatic rings. The van der Waals surface area contributed by atoms with Crippen molar-refractivity contribution in [2.24, 2.45) is 5.10 Å². The number of thiocarbonyl (C=S) groups is 1. The van der Waals surface area contributed by atoms with Gasteiger partial charge in [-0.15, -0.1) is 0 Å². The molecule has 1 aliphatic heterocycles. The Labute approximate surface area is 215 Å². The highest BCUT2D eigenvalue weighted by atomic mass is 32.1. The summed E-state index contributed by atoms with van der Waals surface area (Å²) in [5.74, 6) is 0.217. The van der Waals surface area contributed by atoms with Gasteiger partial charge in [0, 0.05) is 11.3 Å². The number of carbonyl (C=O) groups is 2. The summed E-state index contributed by atoms with van der Waals surface area (Å²) in [4.78, 5) is 25.0. The van der Waals surface area contributed by atoms with Gasteiger partial charge in [0.25, 0.3) is 5.91 Å². The van der Waals surface area contributed by atoms with Gasteiger partial charge < -0.3 is 24.8 Å². The zero-order valence-corrected chi connectivity index (χ0v) is 20.9. The monoisotopic (exact) mass is 508 g/mol. The van der Waals surface area contributed by atoms with E-state index in [1.807, 2.05) is 18.2 Å². The molecule has 0 aromatic heterocycles. The summed E-state index contributed by atoms with van der Waals surface area (Å²) in [5.41, 5.74) is 4.84. The van der Waals surface area contributed by atoms with Crippen molar-refractivity contribution in [3.05, 3.63) is 83.6 Å². The smallest absolute Gasteiger partial charge is 0.338 e. The number of rotatable bonds is 11. The van der Waals surface area contributed by atoms with Gasteiger partial charge in [0.2, 0.25) is 0 Å². The molecular weight excluding hydrogens is 480 g/mol. The first-order chi connectivity index (χ1) is 17.4. The van der Waals surface area contributed by atoms with Crippen molar-refractivity contribution < 1.29 is 23.8 Å². The molecule has 1 atom stereocenters. The summed E-state index contributed by atoms with van der Waals surface area (Å²) in [5, 5.41) is 10.4. The van der Waals surface area contributed by atoms with Gasteiger partial charge in [-0.05, 0) is 62.0 Å². The lowest BCUT2D eigenvalue weighted by Crippen LogP contribution is -2.45. The SMILES string of the molecule is C=CCOc1ccc(C=NNC(=O)COc2ccccc2[C@H]2NC(=S)NC(C)=C2C(=O)OCC)cc1. The van der Waals surface area contributed by atoms with E-state index in [0.717, 1.165) is 5.56 Å². The summed E-state index contributed by atoms with van der Waals surface area (Å²) in [6.07, 6.45) is 3.18. The van der Waals surface area contributed by atoms with Crippen LogP contribution in [0.3, 0.4) is 0 Å². The molecule has 0 saturated carbocycles. The Balaban J connectivity index is 1.64. The van der Waals surface area contributed by atoms with Gasteiger partial charge in [0.15, 0.2) is 11.7 Å². The van der Waals surface area contributed by atoms with Gasteiger partial charge in [-0.25, -0.2) is 10.2 Å². The number of nitrogens with zero attached hydrogens (tertiary/aromatic N) is 1. The van der Waals surface area contributed by atoms with E-state index in [-0.39, 0.29) is 13.2 Å². The Morgan fingerprint density at radius 2 is 1.92 bits per heavy atom. The predicted octanol–water partition coefficient (Wildman–Crippen LogP) is 3.14. The first-order valence-electron chi connectivity index (χ1n) is 11.3. The van der Waals surface area contributed by atoms with Crippen molar-refractivity contribution >= 4 is 35.4 Å². The van der Waals surface area contributed by atoms with Crippen LogP contribution in [0, 0.1) is 0 Å². The van der Waals surface area contributed by atoms with Crippen LogP contribution in [0.5, 0.6) is 11.5 Å². The van der Waals surface area contributed by atoms with Gasteiger partial charge in [0.1, 0.15) is 18.1 Å². The van der Waals surface area contributed by atoms with Crippen molar-refractivity contribution in [2.45, 2.75) is 19.9 Å². The van der Waals surface area contributed by atoms with Gasteiger partial charge in [0.05, 0.1) is 24.4 Å². The van der Waals surface area contributed by atoms with Gasteiger partial charge in [-0.2, -0.15) is 5.10 Å².